The van der Waals surface area contributed by atoms with E-state index in [2.05, 4.69) is 15.3 Å². The second-order valence-electron chi connectivity index (χ2n) is 5.51. The van der Waals surface area contributed by atoms with Gasteiger partial charge in [-0.25, -0.2) is 9.78 Å². The van der Waals surface area contributed by atoms with E-state index in [-0.39, 0.29) is 18.4 Å². The van der Waals surface area contributed by atoms with Gasteiger partial charge in [-0.1, -0.05) is 6.07 Å². The number of nitrogens with one attached hydrogen (secondary N) is 1. The van der Waals surface area contributed by atoms with E-state index in [1.165, 1.54) is 0 Å². The van der Waals surface area contributed by atoms with Crippen molar-refractivity contribution >= 4 is 23.4 Å². The number of pyridine rings is 2. The zero-order valence-corrected chi connectivity index (χ0v) is 13.5. The zero-order valence-electron chi connectivity index (χ0n) is 13.5. The van der Waals surface area contributed by atoms with E-state index in [4.69, 9.17) is 0 Å². The highest BCUT2D eigenvalue weighted by Gasteiger charge is 2.28. The number of carbonyl (C=O) groups is 2. The van der Waals surface area contributed by atoms with Crippen LogP contribution in [0.25, 0.3) is 0 Å². The van der Waals surface area contributed by atoms with Crippen LogP contribution in [0.4, 0.5) is 16.3 Å². The summed E-state index contributed by atoms with van der Waals surface area (Å²) in [4.78, 5) is 35.8. The van der Waals surface area contributed by atoms with E-state index in [1.807, 2.05) is 13.0 Å². The number of hydrogen-bond acceptors (Lipinski definition) is 4. The number of anilines is 2. The summed E-state index contributed by atoms with van der Waals surface area (Å²) in [5.74, 6) is 0.466. The zero-order chi connectivity index (χ0) is 16.9. The van der Waals surface area contributed by atoms with Gasteiger partial charge in [0.2, 0.25) is 5.91 Å². The summed E-state index contributed by atoms with van der Waals surface area (Å²) in [6.45, 7) is 3.99. The van der Waals surface area contributed by atoms with Gasteiger partial charge in [0.1, 0.15) is 5.82 Å². The third-order valence-electron chi connectivity index (χ3n) is 3.87. The van der Waals surface area contributed by atoms with Gasteiger partial charge in [-0.15, -0.1) is 0 Å². The highest BCUT2D eigenvalue weighted by Crippen LogP contribution is 2.19. The number of hydrogen-bond donors (Lipinski definition) is 1. The maximum atomic E-state index is 12.1. The molecule has 0 radical (unpaired) electrons. The Morgan fingerprint density at radius 3 is 2.75 bits per heavy atom. The predicted molar refractivity (Wildman–Crippen MR) is 90.8 cm³/mol. The number of rotatable bonds is 5. The maximum absolute atomic E-state index is 12.1. The predicted octanol–water partition coefficient (Wildman–Crippen LogP) is 1.92. The lowest BCUT2D eigenvalue weighted by atomic mass is 10.2. The molecular formula is C17H19N5O2. The molecule has 1 fully saturated rings. The SMILES string of the molecule is CCN1CCN(c2ccc(NC(=O)Cc3cccnc3)cn2)C1=O. The molecule has 0 atom stereocenters. The van der Waals surface area contributed by atoms with E-state index < -0.39 is 0 Å². The van der Waals surface area contributed by atoms with Crippen molar-refractivity contribution in [2.45, 2.75) is 13.3 Å². The smallest absolute Gasteiger partial charge is 0.324 e. The summed E-state index contributed by atoms with van der Waals surface area (Å²) in [5.41, 5.74) is 1.45. The standard InChI is InChI=1S/C17H19N5O2/c1-2-21-8-9-22(17(21)24)15-6-5-14(12-19-15)20-16(23)10-13-4-3-7-18-11-13/h3-7,11-12H,2,8-10H2,1H3,(H,20,23). The van der Waals surface area contributed by atoms with Gasteiger partial charge in [-0.2, -0.15) is 0 Å². The van der Waals surface area contributed by atoms with Crippen LogP contribution in [0.1, 0.15) is 12.5 Å². The molecule has 3 amide bonds. The third-order valence-corrected chi connectivity index (χ3v) is 3.87. The minimum absolute atomic E-state index is 0.0293. The maximum Gasteiger partial charge on any atom is 0.325 e. The van der Waals surface area contributed by atoms with Gasteiger partial charge < -0.3 is 10.2 Å². The fourth-order valence-corrected chi connectivity index (χ4v) is 2.60. The molecule has 0 saturated carbocycles. The second kappa shape index (κ2) is 7.08. The molecule has 1 aliphatic heterocycles. The highest BCUT2D eigenvalue weighted by atomic mass is 16.2. The van der Waals surface area contributed by atoms with Gasteiger partial charge in [0, 0.05) is 32.0 Å². The fraction of sp³-hybridized carbons (Fsp3) is 0.294. The van der Waals surface area contributed by atoms with Crippen molar-refractivity contribution in [1.82, 2.24) is 14.9 Å². The summed E-state index contributed by atoms with van der Waals surface area (Å²) in [6.07, 6.45) is 5.16. The van der Waals surface area contributed by atoms with E-state index in [9.17, 15) is 9.59 Å². The molecule has 3 heterocycles. The van der Waals surface area contributed by atoms with E-state index in [0.717, 1.165) is 5.56 Å². The molecule has 0 spiro atoms. The van der Waals surface area contributed by atoms with Crippen LogP contribution < -0.4 is 10.2 Å². The lowest BCUT2D eigenvalue weighted by Gasteiger charge is -2.16. The topological polar surface area (TPSA) is 78.4 Å². The summed E-state index contributed by atoms with van der Waals surface area (Å²) in [7, 11) is 0. The first-order chi connectivity index (χ1) is 11.7. The lowest BCUT2D eigenvalue weighted by molar-refractivity contribution is -0.115. The molecule has 0 bridgehead atoms. The second-order valence-corrected chi connectivity index (χ2v) is 5.51. The molecule has 2 aromatic rings. The van der Waals surface area contributed by atoms with Gasteiger partial charge in [-0.05, 0) is 30.7 Å². The van der Waals surface area contributed by atoms with Gasteiger partial charge in [0.25, 0.3) is 0 Å². The van der Waals surface area contributed by atoms with Crippen molar-refractivity contribution in [3.63, 3.8) is 0 Å². The number of likely N-dealkylation sites (N-methyl/N-ethyl adjacent to an activating group) is 1. The highest BCUT2D eigenvalue weighted by molar-refractivity contribution is 5.94. The van der Waals surface area contributed by atoms with Crippen LogP contribution >= 0.6 is 0 Å². The van der Waals surface area contributed by atoms with Crippen LogP contribution in [0.15, 0.2) is 42.9 Å². The van der Waals surface area contributed by atoms with Gasteiger partial charge in [0.05, 0.1) is 18.3 Å². The number of amides is 3. The molecule has 2 aromatic heterocycles. The average molecular weight is 325 g/mol. The molecule has 7 heteroatoms. The van der Waals surface area contributed by atoms with Crippen LogP contribution in [0, 0.1) is 0 Å². The largest absolute Gasteiger partial charge is 0.325 e. The summed E-state index contributed by atoms with van der Waals surface area (Å²) in [5, 5.41) is 2.80. The molecular weight excluding hydrogens is 306 g/mol. The summed E-state index contributed by atoms with van der Waals surface area (Å²) < 4.78 is 0. The van der Waals surface area contributed by atoms with Crippen molar-refractivity contribution in [3.8, 4) is 0 Å². The lowest BCUT2D eigenvalue weighted by Crippen LogP contribution is -2.32. The van der Waals surface area contributed by atoms with Crippen LogP contribution in [0.2, 0.25) is 0 Å². The first-order valence-corrected chi connectivity index (χ1v) is 7.88. The monoisotopic (exact) mass is 325 g/mol. The Bertz CT molecular complexity index is 718. The number of carbonyl (C=O) groups excluding carboxylic acids is 2. The molecule has 24 heavy (non-hydrogen) atoms. The molecule has 0 unspecified atom stereocenters. The van der Waals surface area contributed by atoms with Crippen LogP contribution in [-0.4, -0.2) is 46.4 Å². The van der Waals surface area contributed by atoms with Crippen LogP contribution in [0.3, 0.4) is 0 Å². The molecule has 0 aliphatic carbocycles. The minimum atomic E-state index is -0.132. The number of urea groups is 1. The van der Waals surface area contributed by atoms with Crippen LogP contribution in [-0.2, 0) is 11.2 Å². The molecule has 3 rings (SSSR count). The van der Waals surface area contributed by atoms with Crippen molar-refractivity contribution in [2.24, 2.45) is 0 Å². The Balaban J connectivity index is 1.61. The first-order valence-electron chi connectivity index (χ1n) is 7.88. The average Bonchev–Trinajstić information content (AvgIpc) is 2.97. The Morgan fingerprint density at radius 2 is 2.12 bits per heavy atom. The minimum Gasteiger partial charge on any atom is -0.324 e. The number of aromatic nitrogens is 2. The quantitative estimate of drug-likeness (QED) is 0.911. The fourth-order valence-electron chi connectivity index (χ4n) is 2.60. The van der Waals surface area contributed by atoms with Crippen molar-refractivity contribution in [3.05, 3.63) is 48.4 Å². The molecule has 1 aliphatic rings. The van der Waals surface area contributed by atoms with Gasteiger partial charge >= 0.3 is 6.03 Å². The molecule has 1 N–H and O–H groups in total. The molecule has 0 aromatic carbocycles. The third kappa shape index (κ3) is 3.51. The van der Waals surface area contributed by atoms with Crippen molar-refractivity contribution in [1.29, 1.82) is 0 Å². The molecule has 124 valence electrons. The Hall–Kier alpha value is -2.96. The molecule has 1 saturated heterocycles. The normalized spacial score (nSPS) is 14.1. The first kappa shape index (κ1) is 15.9. The Kier molecular flexibility index (Phi) is 4.69. The van der Waals surface area contributed by atoms with Crippen molar-refractivity contribution in [2.75, 3.05) is 29.9 Å². The Morgan fingerprint density at radius 1 is 1.25 bits per heavy atom. The summed E-state index contributed by atoms with van der Waals surface area (Å²) >= 11 is 0. The Labute approximate surface area is 140 Å². The van der Waals surface area contributed by atoms with Gasteiger partial charge in [0.15, 0.2) is 0 Å². The van der Waals surface area contributed by atoms with E-state index >= 15 is 0 Å². The van der Waals surface area contributed by atoms with E-state index in [0.29, 0.717) is 31.1 Å². The van der Waals surface area contributed by atoms with Gasteiger partial charge in [-0.3, -0.25) is 14.7 Å². The van der Waals surface area contributed by atoms with Crippen molar-refractivity contribution < 1.29 is 9.59 Å². The summed E-state index contributed by atoms with van der Waals surface area (Å²) in [6, 6.07) is 7.12. The number of nitrogens with zero attached hydrogens (tertiary/aromatic N) is 4. The van der Waals surface area contributed by atoms with Crippen LogP contribution in [0.5, 0.6) is 0 Å². The molecule has 7 nitrogen and oxygen atoms in total. The van der Waals surface area contributed by atoms with E-state index in [1.54, 1.807) is 46.6 Å².